The topological polar surface area (TPSA) is 75.4 Å². The Kier molecular flexibility index (Phi) is 5.81. The van der Waals surface area contributed by atoms with Gasteiger partial charge in [0.1, 0.15) is 6.33 Å². The second kappa shape index (κ2) is 8.26. The van der Waals surface area contributed by atoms with Crippen LogP contribution < -0.4 is 5.32 Å². The Hall–Kier alpha value is -2.80. The SMILES string of the molecule is Cc1nc2ncnn2c(C)c1CCC(=O)NCc1ccccc1CN(C)C. The Balaban J connectivity index is 1.61. The number of benzene rings is 1. The summed E-state index contributed by atoms with van der Waals surface area (Å²) >= 11 is 0. The number of aryl methyl sites for hydroxylation is 2. The third kappa shape index (κ3) is 4.49. The average molecular weight is 366 g/mol. The van der Waals surface area contributed by atoms with Gasteiger partial charge in [0.05, 0.1) is 0 Å². The van der Waals surface area contributed by atoms with E-state index in [0.29, 0.717) is 25.2 Å². The molecule has 0 saturated carbocycles. The zero-order valence-electron chi connectivity index (χ0n) is 16.4. The van der Waals surface area contributed by atoms with E-state index in [9.17, 15) is 4.79 Å². The van der Waals surface area contributed by atoms with Crippen LogP contribution in [0.5, 0.6) is 0 Å². The van der Waals surface area contributed by atoms with Gasteiger partial charge in [-0.1, -0.05) is 24.3 Å². The van der Waals surface area contributed by atoms with E-state index in [2.05, 4.69) is 37.4 Å². The van der Waals surface area contributed by atoms with Crippen molar-refractivity contribution in [3.8, 4) is 0 Å². The smallest absolute Gasteiger partial charge is 0.252 e. The van der Waals surface area contributed by atoms with Crippen molar-refractivity contribution >= 4 is 11.7 Å². The Morgan fingerprint density at radius 2 is 1.93 bits per heavy atom. The fourth-order valence-corrected chi connectivity index (χ4v) is 3.26. The van der Waals surface area contributed by atoms with Crippen molar-refractivity contribution in [2.45, 2.75) is 39.8 Å². The lowest BCUT2D eigenvalue weighted by atomic mass is 10.1. The van der Waals surface area contributed by atoms with Crippen LogP contribution in [-0.4, -0.2) is 44.5 Å². The lowest BCUT2D eigenvalue weighted by Crippen LogP contribution is -2.24. The van der Waals surface area contributed by atoms with E-state index in [1.165, 1.54) is 11.9 Å². The molecule has 2 heterocycles. The normalized spacial score (nSPS) is 11.3. The van der Waals surface area contributed by atoms with E-state index in [1.54, 1.807) is 4.52 Å². The van der Waals surface area contributed by atoms with E-state index in [1.807, 2.05) is 40.1 Å². The zero-order chi connectivity index (χ0) is 19.4. The number of amides is 1. The molecule has 1 amide bonds. The molecule has 1 aromatic carbocycles. The summed E-state index contributed by atoms with van der Waals surface area (Å²) in [5.74, 6) is 0.628. The van der Waals surface area contributed by atoms with E-state index < -0.39 is 0 Å². The average Bonchev–Trinajstić information content (AvgIpc) is 3.09. The van der Waals surface area contributed by atoms with Crippen LogP contribution >= 0.6 is 0 Å². The summed E-state index contributed by atoms with van der Waals surface area (Å²) in [7, 11) is 4.08. The summed E-state index contributed by atoms with van der Waals surface area (Å²) in [6, 6.07) is 8.21. The molecule has 0 aliphatic heterocycles. The number of hydrogen-bond donors (Lipinski definition) is 1. The minimum atomic E-state index is 0.0344. The van der Waals surface area contributed by atoms with Crippen molar-refractivity contribution in [1.29, 1.82) is 0 Å². The van der Waals surface area contributed by atoms with Crippen molar-refractivity contribution in [2.75, 3.05) is 14.1 Å². The predicted molar refractivity (Wildman–Crippen MR) is 104 cm³/mol. The van der Waals surface area contributed by atoms with Crippen LogP contribution in [-0.2, 0) is 24.3 Å². The maximum atomic E-state index is 12.4. The molecule has 0 spiro atoms. The van der Waals surface area contributed by atoms with Crippen molar-refractivity contribution in [2.24, 2.45) is 0 Å². The summed E-state index contributed by atoms with van der Waals surface area (Å²) in [4.78, 5) is 23.1. The molecule has 1 N–H and O–H groups in total. The maximum absolute atomic E-state index is 12.4. The van der Waals surface area contributed by atoms with E-state index >= 15 is 0 Å². The minimum absolute atomic E-state index is 0.0344. The van der Waals surface area contributed by atoms with Gasteiger partial charge in [-0.15, -0.1) is 0 Å². The van der Waals surface area contributed by atoms with Crippen LogP contribution in [0.25, 0.3) is 5.78 Å². The number of aromatic nitrogens is 4. The Morgan fingerprint density at radius 3 is 2.67 bits per heavy atom. The first-order valence-corrected chi connectivity index (χ1v) is 9.09. The van der Waals surface area contributed by atoms with Crippen molar-refractivity contribution in [3.05, 3.63) is 58.7 Å². The first-order chi connectivity index (χ1) is 13.0. The van der Waals surface area contributed by atoms with E-state index in [-0.39, 0.29) is 5.91 Å². The molecule has 0 fully saturated rings. The number of fused-ring (bicyclic) bond motifs is 1. The molecule has 0 saturated heterocycles. The Bertz CT molecular complexity index is 947. The van der Waals surface area contributed by atoms with Crippen LogP contribution in [0.2, 0.25) is 0 Å². The van der Waals surface area contributed by atoms with Gasteiger partial charge in [0.15, 0.2) is 0 Å². The first kappa shape index (κ1) is 19.0. The van der Waals surface area contributed by atoms with Crippen LogP contribution in [0, 0.1) is 13.8 Å². The van der Waals surface area contributed by atoms with Crippen molar-refractivity contribution in [1.82, 2.24) is 29.8 Å². The summed E-state index contributed by atoms with van der Waals surface area (Å²) in [6.45, 7) is 5.34. The molecule has 142 valence electrons. The zero-order valence-corrected chi connectivity index (χ0v) is 16.4. The third-order valence-electron chi connectivity index (χ3n) is 4.67. The Morgan fingerprint density at radius 1 is 1.19 bits per heavy atom. The van der Waals surface area contributed by atoms with Gasteiger partial charge < -0.3 is 10.2 Å². The van der Waals surface area contributed by atoms with Gasteiger partial charge in [0.25, 0.3) is 5.78 Å². The molecule has 0 aliphatic rings. The number of nitrogens with one attached hydrogen (secondary N) is 1. The highest BCUT2D eigenvalue weighted by atomic mass is 16.1. The quantitative estimate of drug-likeness (QED) is 0.693. The van der Waals surface area contributed by atoms with Crippen LogP contribution in [0.4, 0.5) is 0 Å². The molecule has 3 aromatic rings. The summed E-state index contributed by atoms with van der Waals surface area (Å²) in [6.07, 6.45) is 2.54. The summed E-state index contributed by atoms with van der Waals surface area (Å²) in [5.41, 5.74) is 5.32. The summed E-state index contributed by atoms with van der Waals surface area (Å²) in [5, 5.41) is 7.24. The molecule has 0 unspecified atom stereocenters. The fraction of sp³-hybridized carbons (Fsp3) is 0.400. The van der Waals surface area contributed by atoms with Crippen molar-refractivity contribution < 1.29 is 4.79 Å². The molecular formula is C20H26N6O. The molecule has 0 atom stereocenters. The lowest BCUT2D eigenvalue weighted by Gasteiger charge is -2.15. The molecule has 2 aromatic heterocycles. The van der Waals surface area contributed by atoms with E-state index in [0.717, 1.165) is 29.1 Å². The predicted octanol–water partition coefficient (Wildman–Crippen LogP) is 2.05. The summed E-state index contributed by atoms with van der Waals surface area (Å²) < 4.78 is 1.72. The molecule has 7 heteroatoms. The molecule has 0 bridgehead atoms. The van der Waals surface area contributed by atoms with Gasteiger partial charge in [-0.05, 0) is 51.1 Å². The standard InChI is InChI=1S/C20H26N6O/c1-14-18(15(2)26-20(24-14)22-13-23-26)9-10-19(27)21-11-16-7-5-6-8-17(16)12-25(3)4/h5-8,13H,9-12H2,1-4H3,(H,21,27). The van der Waals surface area contributed by atoms with Gasteiger partial charge in [-0.2, -0.15) is 10.1 Å². The van der Waals surface area contributed by atoms with Gasteiger partial charge in [0, 0.05) is 30.9 Å². The van der Waals surface area contributed by atoms with Crippen LogP contribution in [0.15, 0.2) is 30.6 Å². The molecule has 0 aliphatic carbocycles. The second-order valence-electron chi connectivity index (χ2n) is 7.02. The first-order valence-electron chi connectivity index (χ1n) is 9.09. The van der Waals surface area contributed by atoms with Gasteiger partial charge in [-0.25, -0.2) is 9.50 Å². The lowest BCUT2D eigenvalue weighted by molar-refractivity contribution is -0.121. The van der Waals surface area contributed by atoms with Gasteiger partial charge >= 0.3 is 0 Å². The molecule has 0 radical (unpaired) electrons. The number of carbonyl (C=O) groups excluding carboxylic acids is 1. The maximum Gasteiger partial charge on any atom is 0.252 e. The largest absolute Gasteiger partial charge is 0.352 e. The van der Waals surface area contributed by atoms with E-state index in [4.69, 9.17) is 0 Å². The third-order valence-corrected chi connectivity index (χ3v) is 4.67. The number of rotatable bonds is 7. The monoisotopic (exact) mass is 366 g/mol. The highest BCUT2D eigenvalue weighted by molar-refractivity contribution is 5.76. The number of hydrogen-bond acceptors (Lipinski definition) is 5. The van der Waals surface area contributed by atoms with Crippen molar-refractivity contribution in [3.63, 3.8) is 0 Å². The fourth-order valence-electron chi connectivity index (χ4n) is 3.26. The minimum Gasteiger partial charge on any atom is -0.352 e. The highest BCUT2D eigenvalue weighted by Crippen LogP contribution is 2.15. The Labute approximate surface area is 159 Å². The van der Waals surface area contributed by atoms with Gasteiger partial charge in [0.2, 0.25) is 5.91 Å². The van der Waals surface area contributed by atoms with Crippen LogP contribution in [0.1, 0.15) is 34.5 Å². The number of carbonyl (C=O) groups is 1. The van der Waals surface area contributed by atoms with Gasteiger partial charge in [-0.3, -0.25) is 4.79 Å². The molecule has 7 nitrogen and oxygen atoms in total. The number of nitrogens with zero attached hydrogens (tertiary/aromatic N) is 5. The second-order valence-corrected chi connectivity index (χ2v) is 7.02. The highest BCUT2D eigenvalue weighted by Gasteiger charge is 2.13. The molecular weight excluding hydrogens is 340 g/mol. The van der Waals surface area contributed by atoms with Crippen LogP contribution in [0.3, 0.4) is 0 Å². The molecule has 3 rings (SSSR count). The molecule has 27 heavy (non-hydrogen) atoms.